The monoisotopic (exact) mass is 253 g/mol. The molecule has 0 spiro atoms. The molecule has 1 atom stereocenters. The van der Waals surface area contributed by atoms with Crippen LogP contribution in [0.4, 0.5) is 0 Å². The third-order valence-corrected chi connectivity index (χ3v) is 3.60. The van der Waals surface area contributed by atoms with Crippen molar-refractivity contribution in [3.05, 3.63) is 5.82 Å². The zero-order chi connectivity index (χ0) is 12.8. The van der Waals surface area contributed by atoms with E-state index in [0.29, 0.717) is 12.0 Å². The number of nitrogens with one attached hydrogen (secondary N) is 1. The van der Waals surface area contributed by atoms with Crippen molar-refractivity contribution in [2.75, 3.05) is 19.8 Å². The molecule has 1 aliphatic rings. The SMILES string of the molecule is CCCNCc1nnnn1C(C)C1CCOCC1. The fraction of sp³-hybridized carbons (Fsp3) is 0.917. The van der Waals surface area contributed by atoms with Gasteiger partial charge in [0.15, 0.2) is 5.82 Å². The van der Waals surface area contributed by atoms with Crippen LogP contribution in [0.15, 0.2) is 0 Å². The van der Waals surface area contributed by atoms with Gasteiger partial charge in [0.25, 0.3) is 0 Å². The van der Waals surface area contributed by atoms with Gasteiger partial charge in [-0.25, -0.2) is 4.68 Å². The lowest BCUT2D eigenvalue weighted by molar-refractivity contribution is 0.0487. The van der Waals surface area contributed by atoms with E-state index in [0.717, 1.165) is 51.4 Å². The van der Waals surface area contributed by atoms with Crippen LogP contribution in [0.5, 0.6) is 0 Å². The lowest BCUT2D eigenvalue weighted by atomic mass is 9.93. The molecule has 6 heteroatoms. The average Bonchev–Trinajstić information content (AvgIpc) is 2.88. The van der Waals surface area contributed by atoms with Gasteiger partial charge in [0.2, 0.25) is 0 Å². The molecular weight excluding hydrogens is 230 g/mol. The summed E-state index contributed by atoms with van der Waals surface area (Å²) in [5.41, 5.74) is 0. The van der Waals surface area contributed by atoms with Gasteiger partial charge < -0.3 is 10.1 Å². The number of hydrogen-bond donors (Lipinski definition) is 1. The smallest absolute Gasteiger partial charge is 0.165 e. The second-order valence-electron chi connectivity index (χ2n) is 4.91. The first-order chi connectivity index (χ1) is 8.83. The first-order valence-corrected chi connectivity index (χ1v) is 6.88. The van der Waals surface area contributed by atoms with Crippen LogP contribution < -0.4 is 5.32 Å². The highest BCUT2D eigenvalue weighted by molar-refractivity contribution is 4.85. The molecule has 0 amide bonds. The highest BCUT2D eigenvalue weighted by atomic mass is 16.5. The van der Waals surface area contributed by atoms with Gasteiger partial charge in [0.05, 0.1) is 12.6 Å². The van der Waals surface area contributed by atoms with E-state index in [1.54, 1.807) is 0 Å². The van der Waals surface area contributed by atoms with E-state index in [1.165, 1.54) is 0 Å². The van der Waals surface area contributed by atoms with Gasteiger partial charge >= 0.3 is 0 Å². The van der Waals surface area contributed by atoms with E-state index in [2.05, 4.69) is 34.7 Å². The van der Waals surface area contributed by atoms with E-state index in [4.69, 9.17) is 4.74 Å². The lowest BCUT2D eigenvalue weighted by Crippen LogP contribution is -2.27. The van der Waals surface area contributed by atoms with Crippen molar-refractivity contribution in [1.82, 2.24) is 25.5 Å². The van der Waals surface area contributed by atoms with Crippen molar-refractivity contribution in [3.63, 3.8) is 0 Å². The van der Waals surface area contributed by atoms with Crippen LogP contribution in [0, 0.1) is 5.92 Å². The molecule has 6 nitrogen and oxygen atoms in total. The van der Waals surface area contributed by atoms with Crippen LogP contribution >= 0.6 is 0 Å². The van der Waals surface area contributed by atoms with Gasteiger partial charge in [-0.3, -0.25) is 0 Å². The summed E-state index contributed by atoms with van der Waals surface area (Å²) in [6.45, 7) is 7.82. The van der Waals surface area contributed by atoms with Crippen molar-refractivity contribution >= 4 is 0 Å². The summed E-state index contributed by atoms with van der Waals surface area (Å²) >= 11 is 0. The first kappa shape index (κ1) is 13.4. The summed E-state index contributed by atoms with van der Waals surface area (Å²) in [4.78, 5) is 0. The molecule has 0 aliphatic carbocycles. The van der Waals surface area contributed by atoms with Gasteiger partial charge in [-0.2, -0.15) is 0 Å². The molecule has 0 saturated carbocycles. The van der Waals surface area contributed by atoms with E-state index in [1.807, 2.05) is 4.68 Å². The lowest BCUT2D eigenvalue weighted by Gasteiger charge is -2.28. The summed E-state index contributed by atoms with van der Waals surface area (Å²) in [5, 5.41) is 15.4. The Bertz CT molecular complexity index is 348. The molecule has 1 unspecified atom stereocenters. The van der Waals surface area contributed by atoms with Crippen molar-refractivity contribution in [3.8, 4) is 0 Å². The van der Waals surface area contributed by atoms with Crippen LogP contribution in [-0.4, -0.2) is 40.0 Å². The molecule has 1 aromatic rings. The Morgan fingerprint density at radius 2 is 2.22 bits per heavy atom. The minimum absolute atomic E-state index is 0.349. The minimum atomic E-state index is 0.349. The molecule has 2 rings (SSSR count). The summed E-state index contributed by atoms with van der Waals surface area (Å²) < 4.78 is 7.37. The fourth-order valence-corrected chi connectivity index (χ4v) is 2.42. The number of rotatable bonds is 6. The maximum absolute atomic E-state index is 5.40. The highest BCUT2D eigenvalue weighted by Crippen LogP contribution is 2.27. The Morgan fingerprint density at radius 1 is 1.44 bits per heavy atom. The van der Waals surface area contributed by atoms with E-state index < -0.39 is 0 Å². The van der Waals surface area contributed by atoms with Gasteiger partial charge in [-0.1, -0.05) is 6.92 Å². The average molecular weight is 253 g/mol. The summed E-state index contributed by atoms with van der Waals surface area (Å²) in [6, 6.07) is 0.349. The second-order valence-corrected chi connectivity index (χ2v) is 4.91. The normalized spacial score (nSPS) is 19.0. The molecule has 102 valence electrons. The van der Waals surface area contributed by atoms with Crippen LogP contribution in [0.2, 0.25) is 0 Å². The van der Waals surface area contributed by atoms with Crippen molar-refractivity contribution in [2.24, 2.45) is 5.92 Å². The Morgan fingerprint density at radius 3 is 2.94 bits per heavy atom. The van der Waals surface area contributed by atoms with Crippen LogP contribution in [0.3, 0.4) is 0 Å². The fourth-order valence-electron chi connectivity index (χ4n) is 2.42. The van der Waals surface area contributed by atoms with Crippen molar-refractivity contribution < 1.29 is 4.74 Å². The summed E-state index contributed by atoms with van der Waals surface area (Å²) in [7, 11) is 0. The number of hydrogen-bond acceptors (Lipinski definition) is 5. The first-order valence-electron chi connectivity index (χ1n) is 6.88. The molecule has 0 bridgehead atoms. The zero-order valence-electron chi connectivity index (χ0n) is 11.3. The van der Waals surface area contributed by atoms with E-state index in [-0.39, 0.29) is 0 Å². The molecule has 18 heavy (non-hydrogen) atoms. The Balaban J connectivity index is 1.96. The van der Waals surface area contributed by atoms with Gasteiger partial charge in [0.1, 0.15) is 0 Å². The van der Waals surface area contributed by atoms with E-state index >= 15 is 0 Å². The molecule has 1 aliphatic heterocycles. The molecular formula is C12H23N5O. The third kappa shape index (κ3) is 3.26. The van der Waals surface area contributed by atoms with Gasteiger partial charge in [0, 0.05) is 13.2 Å². The summed E-state index contributed by atoms with van der Waals surface area (Å²) in [6.07, 6.45) is 3.32. The molecule has 1 aromatic heterocycles. The zero-order valence-corrected chi connectivity index (χ0v) is 11.3. The Labute approximate surface area is 108 Å². The highest BCUT2D eigenvalue weighted by Gasteiger charge is 2.24. The largest absolute Gasteiger partial charge is 0.381 e. The van der Waals surface area contributed by atoms with Crippen molar-refractivity contribution in [2.45, 2.75) is 45.7 Å². The maximum atomic E-state index is 5.40. The molecule has 0 radical (unpaired) electrons. The third-order valence-electron chi connectivity index (χ3n) is 3.60. The number of ether oxygens (including phenoxy) is 1. The summed E-state index contributed by atoms with van der Waals surface area (Å²) in [5.74, 6) is 1.55. The molecule has 0 aromatic carbocycles. The topological polar surface area (TPSA) is 64.9 Å². The molecule has 1 saturated heterocycles. The molecule has 1 N–H and O–H groups in total. The quantitative estimate of drug-likeness (QED) is 0.771. The molecule has 2 heterocycles. The number of nitrogens with zero attached hydrogens (tertiary/aromatic N) is 4. The standard InChI is InChI=1S/C12H23N5O/c1-3-6-13-9-12-14-15-16-17(12)10(2)11-4-7-18-8-5-11/h10-11,13H,3-9H2,1-2H3. The Kier molecular flexibility index (Phi) is 5.07. The van der Waals surface area contributed by atoms with Gasteiger partial charge in [-0.05, 0) is 49.1 Å². The molecule has 1 fully saturated rings. The number of tetrazole rings is 1. The van der Waals surface area contributed by atoms with Crippen molar-refractivity contribution in [1.29, 1.82) is 0 Å². The Hall–Kier alpha value is -1.01. The minimum Gasteiger partial charge on any atom is -0.381 e. The second kappa shape index (κ2) is 6.80. The van der Waals surface area contributed by atoms with Gasteiger partial charge in [-0.15, -0.1) is 5.10 Å². The predicted octanol–water partition coefficient (Wildman–Crippen LogP) is 1.16. The van der Waals surface area contributed by atoms with Crippen LogP contribution in [0.1, 0.15) is 45.0 Å². The van der Waals surface area contributed by atoms with Crippen LogP contribution in [-0.2, 0) is 11.3 Å². The van der Waals surface area contributed by atoms with Crippen LogP contribution in [0.25, 0.3) is 0 Å². The maximum Gasteiger partial charge on any atom is 0.165 e. The van der Waals surface area contributed by atoms with E-state index in [9.17, 15) is 0 Å². The number of aromatic nitrogens is 4. The predicted molar refractivity (Wildman–Crippen MR) is 68.1 cm³/mol.